The van der Waals surface area contributed by atoms with Crippen LogP contribution >= 0.6 is 0 Å². The van der Waals surface area contributed by atoms with E-state index < -0.39 is 10.0 Å². The van der Waals surface area contributed by atoms with Crippen molar-refractivity contribution in [2.24, 2.45) is 11.1 Å². The fourth-order valence-corrected chi connectivity index (χ4v) is 4.09. The molecule has 0 aromatic heterocycles. The maximum Gasteiger partial charge on any atom is 0.227 e. The number of sulfonamides is 1. The Morgan fingerprint density at radius 2 is 1.65 bits per heavy atom. The first-order valence-electron chi connectivity index (χ1n) is 7.55. The summed E-state index contributed by atoms with van der Waals surface area (Å²) in [5.41, 5.74) is 1.53. The van der Waals surface area contributed by atoms with Gasteiger partial charge in [0.25, 0.3) is 0 Å². The smallest absolute Gasteiger partial charge is 0.227 e. The predicted molar refractivity (Wildman–Crippen MR) is 86.5 cm³/mol. The molecule has 1 unspecified atom stereocenters. The van der Waals surface area contributed by atoms with Crippen LogP contribution in [0.2, 0.25) is 0 Å². The highest BCUT2D eigenvalue weighted by Crippen LogP contribution is 2.29. The van der Waals surface area contributed by atoms with Gasteiger partial charge in [0.05, 0.1) is 5.75 Å². The second kappa shape index (κ2) is 5.93. The molecule has 1 aromatic carbocycles. The second-order valence-corrected chi connectivity index (χ2v) is 7.73. The largest absolute Gasteiger partial charge is 0.312 e. The van der Waals surface area contributed by atoms with Crippen molar-refractivity contribution in [1.82, 2.24) is 0 Å². The number of carbonyl (C=O) groups is 2. The lowest BCUT2D eigenvalue weighted by Crippen LogP contribution is -2.27. The normalized spacial score (nSPS) is 22.2. The molecule has 124 valence electrons. The van der Waals surface area contributed by atoms with E-state index >= 15 is 0 Å². The van der Waals surface area contributed by atoms with Crippen LogP contribution in [0.5, 0.6) is 0 Å². The van der Waals surface area contributed by atoms with E-state index in [4.69, 9.17) is 5.14 Å². The van der Waals surface area contributed by atoms with Crippen LogP contribution in [0.15, 0.2) is 24.3 Å². The van der Waals surface area contributed by atoms with Gasteiger partial charge in [-0.15, -0.1) is 0 Å². The summed E-state index contributed by atoms with van der Waals surface area (Å²) in [4.78, 5) is 27.1. The highest BCUT2D eigenvalue weighted by atomic mass is 32.2. The molecule has 2 fully saturated rings. The first-order valence-corrected chi connectivity index (χ1v) is 9.26. The molecule has 0 aliphatic carbocycles. The first kappa shape index (κ1) is 15.9. The molecule has 2 aliphatic heterocycles. The Bertz CT molecular complexity index is 730. The van der Waals surface area contributed by atoms with Gasteiger partial charge in [0.15, 0.2) is 0 Å². The Labute approximate surface area is 135 Å². The van der Waals surface area contributed by atoms with Crippen LogP contribution in [0.4, 0.5) is 11.4 Å². The van der Waals surface area contributed by atoms with E-state index in [1.165, 1.54) is 0 Å². The van der Waals surface area contributed by atoms with Crippen molar-refractivity contribution >= 4 is 33.2 Å². The number of rotatable bonds is 4. The van der Waals surface area contributed by atoms with Gasteiger partial charge in [-0.1, -0.05) is 0 Å². The second-order valence-electron chi connectivity index (χ2n) is 6.07. The van der Waals surface area contributed by atoms with Crippen LogP contribution in [0.25, 0.3) is 0 Å². The van der Waals surface area contributed by atoms with Gasteiger partial charge in [-0.3, -0.25) is 9.59 Å². The third-order valence-corrected chi connectivity index (χ3v) is 5.16. The zero-order valence-corrected chi connectivity index (χ0v) is 13.5. The topological polar surface area (TPSA) is 101 Å². The van der Waals surface area contributed by atoms with Gasteiger partial charge in [0.2, 0.25) is 21.8 Å². The van der Waals surface area contributed by atoms with Gasteiger partial charge >= 0.3 is 0 Å². The number of hydrogen-bond donors (Lipinski definition) is 1. The monoisotopic (exact) mass is 337 g/mol. The van der Waals surface area contributed by atoms with Crippen molar-refractivity contribution in [1.29, 1.82) is 0 Å². The van der Waals surface area contributed by atoms with E-state index in [9.17, 15) is 18.0 Å². The number of nitrogens with two attached hydrogens (primary N) is 1. The fraction of sp³-hybridized carbons (Fsp3) is 0.467. The SMILES string of the molecule is NS(=O)(=O)CC1CC(=O)N(c2ccc(N3CCCC3=O)cc2)C1. The molecule has 0 radical (unpaired) electrons. The minimum atomic E-state index is -3.58. The molecule has 0 spiro atoms. The quantitative estimate of drug-likeness (QED) is 0.862. The van der Waals surface area contributed by atoms with Crippen LogP contribution in [0, 0.1) is 5.92 Å². The van der Waals surface area contributed by atoms with E-state index in [0.29, 0.717) is 18.7 Å². The summed E-state index contributed by atoms with van der Waals surface area (Å²) in [6.07, 6.45) is 1.62. The molecule has 2 aliphatic rings. The molecule has 1 atom stereocenters. The Hall–Kier alpha value is -1.93. The molecule has 23 heavy (non-hydrogen) atoms. The van der Waals surface area contributed by atoms with Crippen LogP contribution in [-0.2, 0) is 19.6 Å². The highest BCUT2D eigenvalue weighted by molar-refractivity contribution is 7.89. The van der Waals surface area contributed by atoms with E-state index in [-0.39, 0.29) is 29.9 Å². The van der Waals surface area contributed by atoms with Crippen molar-refractivity contribution in [3.05, 3.63) is 24.3 Å². The first-order chi connectivity index (χ1) is 10.8. The third-order valence-electron chi connectivity index (χ3n) is 4.22. The number of nitrogens with zero attached hydrogens (tertiary/aromatic N) is 2. The van der Waals surface area contributed by atoms with Gasteiger partial charge in [-0.25, -0.2) is 13.6 Å². The predicted octanol–water partition coefficient (Wildman–Crippen LogP) is 0.455. The molecule has 8 heteroatoms. The molecule has 2 saturated heterocycles. The summed E-state index contributed by atoms with van der Waals surface area (Å²) in [6.45, 7) is 1.06. The molecular formula is C15H19N3O4S. The number of hydrogen-bond acceptors (Lipinski definition) is 4. The number of carbonyl (C=O) groups excluding carboxylic acids is 2. The summed E-state index contributed by atoms with van der Waals surface area (Å²) >= 11 is 0. The van der Waals surface area contributed by atoms with E-state index in [0.717, 1.165) is 18.7 Å². The fourth-order valence-electron chi connectivity index (χ4n) is 3.20. The number of benzene rings is 1. The molecule has 2 N–H and O–H groups in total. The van der Waals surface area contributed by atoms with Gasteiger partial charge in [-0.05, 0) is 30.7 Å². The summed E-state index contributed by atoms with van der Waals surface area (Å²) in [6, 6.07) is 7.22. The Kier molecular flexibility index (Phi) is 4.11. The molecule has 7 nitrogen and oxygen atoms in total. The van der Waals surface area contributed by atoms with E-state index in [1.54, 1.807) is 21.9 Å². The van der Waals surface area contributed by atoms with E-state index in [2.05, 4.69) is 0 Å². The summed E-state index contributed by atoms with van der Waals surface area (Å²) < 4.78 is 22.3. The van der Waals surface area contributed by atoms with Gasteiger partial charge in [0.1, 0.15) is 0 Å². The highest BCUT2D eigenvalue weighted by Gasteiger charge is 2.33. The van der Waals surface area contributed by atoms with Crippen molar-refractivity contribution in [3.63, 3.8) is 0 Å². The van der Waals surface area contributed by atoms with Crippen molar-refractivity contribution in [3.8, 4) is 0 Å². The summed E-state index contributed by atoms with van der Waals surface area (Å²) in [7, 11) is -3.58. The van der Waals surface area contributed by atoms with Crippen LogP contribution in [-0.4, -0.2) is 39.1 Å². The molecule has 2 heterocycles. The standard InChI is InChI=1S/C15H19N3O4S/c16-23(21,22)10-11-8-15(20)18(9-11)13-5-3-12(4-6-13)17-7-1-2-14(17)19/h3-6,11H,1-2,7-10H2,(H2,16,21,22). The minimum absolute atomic E-state index is 0.108. The molecule has 1 aromatic rings. The summed E-state index contributed by atoms with van der Waals surface area (Å²) in [5, 5.41) is 5.05. The third kappa shape index (κ3) is 3.53. The molecule has 0 bridgehead atoms. The molecular weight excluding hydrogens is 318 g/mol. The molecule has 2 amide bonds. The number of amides is 2. The lowest BCUT2D eigenvalue weighted by molar-refractivity contribution is -0.118. The van der Waals surface area contributed by atoms with Crippen molar-refractivity contribution in [2.75, 3.05) is 28.6 Å². The molecule has 0 saturated carbocycles. The lowest BCUT2D eigenvalue weighted by atomic mass is 10.1. The Morgan fingerprint density at radius 3 is 2.17 bits per heavy atom. The van der Waals surface area contributed by atoms with Gasteiger partial charge in [-0.2, -0.15) is 0 Å². The zero-order chi connectivity index (χ0) is 16.6. The summed E-state index contributed by atoms with van der Waals surface area (Å²) in [5.74, 6) is -0.459. The average Bonchev–Trinajstić information content (AvgIpc) is 3.03. The van der Waals surface area contributed by atoms with Crippen LogP contribution in [0.1, 0.15) is 19.3 Å². The van der Waals surface area contributed by atoms with E-state index in [1.807, 2.05) is 12.1 Å². The maximum absolute atomic E-state index is 12.1. The number of anilines is 2. The van der Waals surface area contributed by atoms with Gasteiger partial charge in [0, 0.05) is 43.2 Å². The zero-order valence-electron chi connectivity index (χ0n) is 12.6. The van der Waals surface area contributed by atoms with Crippen molar-refractivity contribution < 1.29 is 18.0 Å². The molecule has 3 rings (SSSR count). The average molecular weight is 337 g/mol. The number of primary sulfonamides is 1. The van der Waals surface area contributed by atoms with Gasteiger partial charge < -0.3 is 9.80 Å². The Balaban J connectivity index is 1.72. The Morgan fingerprint density at radius 1 is 1.04 bits per heavy atom. The van der Waals surface area contributed by atoms with Crippen LogP contribution < -0.4 is 14.9 Å². The lowest BCUT2D eigenvalue weighted by Gasteiger charge is -2.19. The van der Waals surface area contributed by atoms with Crippen molar-refractivity contribution in [2.45, 2.75) is 19.3 Å². The minimum Gasteiger partial charge on any atom is -0.312 e. The van der Waals surface area contributed by atoms with Crippen LogP contribution in [0.3, 0.4) is 0 Å². The maximum atomic E-state index is 12.1.